The Bertz CT molecular complexity index is 395. The summed E-state index contributed by atoms with van der Waals surface area (Å²) in [5.74, 6) is 0.125. The van der Waals surface area contributed by atoms with Gasteiger partial charge in [-0.25, -0.2) is 0 Å². The third-order valence-corrected chi connectivity index (χ3v) is 3.00. The molecule has 0 saturated carbocycles. The number of carbonyl (C=O) groups excluding carboxylic acids is 1. The topological polar surface area (TPSA) is 26.3 Å². The Kier molecular flexibility index (Phi) is 6.58. The van der Waals surface area contributed by atoms with Gasteiger partial charge in [-0.15, -0.1) is 0 Å². The molecule has 0 fully saturated rings. The lowest BCUT2D eigenvalue weighted by Crippen LogP contribution is -2.06. The Morgan fingerprint density at radius 3 is 2.39 bits per heavy atom. The molecule has 0 aromatic heterocycles. The molecule has 0 spiro atoms. The zero-order valence-corrected chi connectivity index (χ0v) is 11.9. The average Bonchev–Trinajstić information content (AvgIpc) is 2.37. The Balaban J connectivity index is 2.48. The van der Waals surface area contributed by atoms with Gasteiger partial charge in [-0.1, -0.05) is 37.6 Å². The number of hydrogen-bond acceptors (Lipinski definition) is 3. The molecule has 0 aliphatic heterocycles. The van der Waals surface area contributed by atoms with Crippen molar-refractivity contribution in [2.75, 3.05) is 6.61 Å². The number of benzene rings is 1. The van der Waals surface area contributed by atoms with E-state index >= 15 is 0 Å². The molecule has 2 nitrogen and oxygen atoms in total. The molecule has 1 aromatic rings. The maximum atomic E-state index is 11.9. The van der Waals surface area contributed by atoms with Gasteiger partial charge >= 0.3 is 0 Å². The monoisotopic (exact) mass is 264 g/mol. The lowest BCUT2D eigenvalue weighted by Gasteiger charge is -2.05. The van der Waals surface area contributed by atoms with E-state index in [0.29, 0.717) is 24.5 Å². The summed E-state index contributed by atoms with van der Waals surface area (Å²) < 4.78 is 5.16. The van der Waals surface area contributed by atoms with Gasteiger partial charge in [0.2, 0.25) is 0 Å². The Morgan fingerprint density at radius 2 is 1.83 bits per heavy atom. The quantitative estimate of drug-likeness (QED) is 0.550. The standard InChI is InChI=1S/C15H20O2S/c1-3-5-12-6-8-13(9-7-12)14(16)10-11-15(18)17-4-2/h6-9H,3-5,10-11H2,1-2H3. The first-order chi connectivity index (χ1) is 8.67. The normalized spacial score (nSPS) is 10.1. The summed E-state index contributed by atoms with van der Waals surface area (Å²) in [5.41, 5.74) is 2.04. The van der Waals surface area contributed by atoms with Crippen molar-refractivity contribution in [2.24, 2.45) is 0 Å². The van der Waals surface area contributed by atoms with Crippen LogP contribution < -0.4 is 0 Å². The van der Waals surface area contributed by atoms with Crippen molar-refractivity contribution in [1.82, 2.24) is 0 Å². The van der Waals surface area contributed by atoms with E-state index in [1.165, 1.54) is 5.56 Å². The van der Waals surface area contributed by atoms with Gasteiger partial charge in [0, 0.05) is 18.4 Å². The van der Waals surface area contributed by atoms with Crippen molar-refractivity contribution in [3.8, 4) is 0 Å². The molecule has 0 unspecified atom stereocenters. The Hall–Kier alpha value is -1.22. The number of thiocarbonyl (C=S) groups is 1. The van der Waals surface area contributed by atoms with Crippen LogP contribution in [0.25, 0.3) is 0 Å². The third kappa shape index (κ3) is 4.96. The molecule has 0 heterocycles. The highest BCUT2D eigenvalue weighted by Crippen LogP contribution is 2.10. The number of ether oxygens (including phenoxy) is 1. The van der Waals surface area contributed by atoms with Crippen molar-refractivity contribution in [3.63, 3.8) is 0 Å². The molecular weight excluding hydrogens is 244 g/mol. The van der Waals surface area contributed by atoms with Gasteiger partial charge in [0.25, 0.3) is 0 Å². The number of carbonyl (C=O) groups is 1. The van der Waals surface area contributed by atoms with E-state index in [0.717, 1.165) is 18.4 Å². The van der Waals surface area contributed by atoms with E-state index in [-0.39, 0.29) is 5.78 Å². The van der Waals surface area contributed by atoms with E-state index in [1.54, 1.807) is 0 Å². The summed E-state index contributed by atoms with van der Waals surface area (Å²) in [6.45, 7) is 4.60. The molecule has 3 heteroatoms. The molecule has 0 bridgehead atoms. The van der Waals surface area contributed by atoms with Gasteiger partial charge in [0.05, 0.1) is 6.61 Å². The molecular formula is C15H20O2S. The van der Waals surface area contributed by atoms with E-state index in [9.17, 15) is 4.79 Å². The molecule has 0 atom stereocenters. The molecule has 0 aliphatic rings. The number of ketones is 1. The Morgan fingerprint density at radius 1 is 1.17 bits per heavy atom. The SMILES string of the molecule is CCCc1ccc(C(=O)CCC(=S)OCC)cc1. The van der Waals surface area contributed by atoms with Gasteiger partial charge in [0.1, 0.15) is 0 Å². The summed E-state index contributed by atoms with van der Waals surface area (Å²) in [6.07, 6.45) is 3.13. The van der Waals surface area contributed by atoms with Crippen LogP contribution in [0.1, 0.15) is 49.0 Å². The first-order valence-electron chi connectivity index (χ1n) is 6.45. The lowest BCUT2D eigenvalue weighted by atomic mass is 10.0. The van der Waals surface area contributed by atoms with Crippen LogP contribution in [0, 0.1) is 0 Å². The molecule has 0 saturated heterocycles. The van der Waals surface area contributed by atoms with Gasteiger partial charge < -0.3 is 4.74 Å². The van der Waals surface area contributed by atoms with Gasteiger partial charge in [-0.3, -0.25) is 4.79 Å². The predicted octanol–water partition coefficient (Wildman–Crippen LogP) is 3.97. The first kappa shape index (κ1) is 14.8. The van der Waals surface area contributed by atoms with Crippen LogP contribution in [0.2, 0.25) is 0 Å². The van der Waals surface area contributed by atoms with Crippen LogP contribution in [0.3, 0.4) is 0 Å². The summed E-state index contributed by atoms with van der Waals surface area (Å²) >= 11 is 5.00. The molecule has 18 heavy (non-hydrogen) atoms. The molecule has 0 aliphatic carbocycles. The van der Waals surface area contributed by atoms with Crippen LogP contribution in [0.15, 0.2) is 24.3 Å². The second-order valence-corrected chi connectivity index (χ2v) is 4.63. The number of hydrogen-bond donors (Lipinski definition) is 0. The van der Waals surface area contributed by atoms with Crippen LogP contribution >= 0.6 is 12.2 Å². The first-order valence-corrected chi connectivity index (χ1v) is 6.86. The van der Waals surface area contributed by atoms with Gasteiger partial charge in [-0.05, 0) is 31.1 Å². The predicted molar refractivity (Wildman–Crippen MR) is 78.2 cm³/mol. The summed E-state index contributed by atoms with van der Waals surface area (Å²) in [5, 5.41) is 0.522. The van der Waals surface area contributed by atoms with Crippen LogP contribution in [0.5, 0.6) is 0 Å². The van der Waals surface area contributed by atoms with E-state index in [1.807, 2.05) is 31.2 Å². The van der Waals surface area contributed by atoms with Crippen LogP contribution in [0.4, 0.5) is 0 Å². The van der Waals surface area contributed by atoms with Gasteiger partial charge in [-0.2, -0.15) is 0 Å². The highest BCUT2D eigenvalue weighted by atomic mass is 32.1. The minimum absolute atomic E-state index is 0.125. The van der Waals surface area contributed by atoms with E-state index in [4.69, 9.17) is 17.0 Å². The molecule has 0 N–H and O–H groups in total. The van der Waals surface area contributed by atoms with Crippen molar-refractivity contribution >= 4 is 23.1 Å². The van der Waals surface area contributed by atoms with Crippen molar-refractivity contribution in [3.05, 3.63) is 35.4 Å². The van der Waals surface area contributed by atoms with Gasteiger partial charge in [0.15, 0.2) is 10.8 Å². The van der Waals surface area contributed by atoms with Crippen molar-refractivity contribution in [2.45, 2.75) is 39.5 Å². The maximum absolute atomic E-state index is 11.9. The Labute approximate surface area is 114 Å². The number of aryl methyl sites for hydroxylation is 1. The van der Waals surface area contributed by atoms with Crippen LogP contribution in [-0.2, 0) is 11.2 Å². The minimum atomic E-state index is 0.125. The highest BCUT2D eigenvalue weighted by molar-refractivity contribution is 7.80. The average molecular weight is 264 g/mol. The summed E-state index contributed by atoms with van der Waals surface area (Å²) in [7, 11) is 0. The summed E-state index contributed by atoms with van der Waals surface area (Å²) in [4.78, 5) is 11.9. The zero-order chi connectivity index (χ0) is 13.4. The molecule has 1 aromatic carbocycles. The maximum Gasteiger partial charge on any atom is 0.163 e. The zero-order valence-electron chi connectivity index (χ0n) is 11.1. The number of Topliss-reactive ketones (excluding diaryl/α,β-unsaturated/α-hetero) is 1. The lowest BCUT2D eigenvalue weighted by molar-refractivity contribution is 0.0983. The fraction of sp³-hybridized carbons (Fsp3) is 0.467. The minimum Gasteiger partial charge on any atom is -0.487 e. The summed E-state index contributed by atoms with van der Waals surface area (Å²) in [6, 6.07) is 7.85. The second kappa shape index (κ2) is 7.98. The molecule has 0 amide bonds. The largest absolute Gasteiger partial charge is 0.487 e. The fourth-order valence-corrected chi connectivity index (χ4v) is 1.96. The fourth-order valence-electron chi connectivity index (χ4n) is 1.74. The van der Waals surface area contributed by atoms with E-state index < -0.39 is 0 Å². The highest BCUT2D eigenvalue weighted by Gasteiger charge is 2.07. The second-order valence-electron chi connectivity index (χ2n) is 4.18. The molecule has 1 rings (SSSR count). The van der Waals surface area contributed by atoms with Crippen molar-refractivity contribution in [1.29, 1.82) is 0 Å². The smallest absolute Gasteiger partial charge is 0.163 e. The third-order valence-electron chi connectivity index (χ3n) is 2.68. The van der Waals surface area contributed by atoms with Crippen LogP contribution in [-0.4, -0.2) is 17.4 Å². The molecule has 0 radical (unpaired) electrons. The van der Waals surface area contributed by atoms with E-state index in [2.05, 4.69) is 6.92 Å². The molecule has 98 valence electrons. The van der Waals surface area contributed by atoms with Crippen molar-refractivity contribution < 1.29 is 9.53 Å². The number of rotatable bonds is 7.